The molecule has 146 valence electrons. The van der Waals surface area contributed by atoms with E-state index in [-0.39, 0.29) is 6.03 Å². The molecule has 2 aromatic carbocycles. The summed E-state index contributed by atoms with van der Waals surface area (Å²) in [6, 6.07) is 15.7. The number of amides is 2. The van der Waals surface area contributed by atoms with Crippen molar-refractivity contribution in [3.63, 3.8) is 0 Å². The van der Waals surface area contributed by atoms with Gasteiger partial charge in [0, 0.05) is 11.4 Å². The zero-order chi connectivity index (χ0) is 19.9. The van der Waals surface area contributed by atoms with Crippen molar-refractivity contribution in [2.45, 2.75) is 13.0 Å². The van der Waals surface area contributed by atoms with Crippen molar-refractivity contribution in [3.8, 4) is 11.5 Å². The van der Waals surface area contributed by atoms with Gasteiger partial charge in [0.05, 0.1) is 11.6 Å². The van der Waals surface area contributed by atoms with Gasteiger partial charge in [0.1, 0.15) is 18.1 Å². The van der Waals surface area contributed by atoms with Gasteiger partial charge in [-0.05, 0) is 43.0 Å². The standard InChI is InChI=1S/C21H22N2O4S/c1-14-18(20(24)26-11-12-28-2)19(23-21(25)22-14)15-7-6-10-17(13-15)27-16-8-4-3-5-9-16/h3-10,13,19H,11-12H2,1-2H3,(H2,22,23,25)/t19-/m1/s1. The van der Waals surface area contributed by atoms with E-state index in [4.69, 9.17) is 9.47 Å². The van der Waals surface area contributed by atoms with Crippen molar-refractivity contribution in [2.24, 2.45) is 0 Å². The molecule has 1 heterocycles. The third-order valence-corrected chi connectivity index (χ3v) is 4.75. The summed E-state index contributed by atoms with van der Waals surface area (Å²) < 4.78 is 11.2. The van der Waals surface area contributed by atoms with Crippen LogP contribution in [0.4, 0.5) is 4.79 Å². The summed E-state index contributed by atoms with van der Waals surface area (Å²) in [5, 5.41) is 5.45. The van der Waals surface area contributed by atoms with Gasteiger partial charge in [-0.25, -0.2) is 9.59 Å². The average Bonchev–Trinajstić information content (AvgIpc) is 2.68. The van der Waals surface area contributed by atoms with Gasteiger partial charge in [-0.1, -0.05) is 30.3 Å². The molecule has 2 amide bonds. The molecule has 2 aromatic rings. The molecule has 6 nitrogen and oxygen atoms in total. The number of thioether (sulfide) groups is 1. The van der Waals surface area contributed by atoms with Crippen LogP contribution in [-0.2, 0) is 9.53 Å². The van der Waals surface area contributed by atoms with Crippen molar-refractivity contribution in [3.05, 3.63) is 71.4 Å². The molecule has 1 aliphatic heterocycles. The molecule has 7 heteroatoms. The van der Waals surface area contributed by atoms with E-state index in [0.29, 0.717) is 35.1 Å². The molecule has 1 atom stereocenters. The van der Waals surface area contributed by atoms with E-state index in [9.17, 15) is 9.59 Å². The minimum Gasteiger partial charge on any atom is -0.461 e. The number of urea groups is 1. The predicted molar refractivity (Wildman–Crippen MR) is 109 cm³/mol. The highest BCUT2D eigenvalue weighted by atomic mass is 32.2. The molecular weight excluding hydrogens is 376 g/mol. The van der Waals surface area contributed by atoms with Crippen LogP contribution in [0.25, 0.3) is 0 Å². The third kappa shape index (κ3) is 4.86. The van der Waals surface area contributed by atoms with Gasteiger partial charge in [0.15, 0.2) is 0 Å². The Hall–Kier alpha value is -2.93. The number of ether oxygens (including phenoxy) is 2. The van der Waals surface area contributed by atoms with Gasteiger partial charge in [-0.3, -0.25) is 0 Å². The maximum atomic E-state index is 12.6. The number of para-hydroxylation sites is 1. The van der Waals surface area contributed by atoms with Gasteiger partial charge in [0.25, 0.3) is 0 Å². The largest absolute Gasteiger partial charge is 0.461 e. The highest BCUT2D eigenvalue weighted by molar-refractivity contribution is 7.98. The van der Waals surface area contributed by atoms with E-state index in [1.807, 2.05) is 60.9 Å². The van der Waals surface area contributed by atoms with Gasteiger partial charge < -0.3 is 20.1 Å². The Morgan fingerprint density at radius 3 is 2.61 bits per heavy atom. The SMILES string of the molecule is CSCCOC(=O)C1=C(C)NC(=O)N[C@@H]1c1cccc(Oc2ccccc2)c1. The summed E-state index contributed by atoms with van der Waals surface area (Å²) in [7, 11) is 0. The topological polar surface area (TPSA) is 76.7 Å². The normalized spacial score (nSPS) is 16.2. The quantitative estimate of drug-likeness (QED) is 0.544. The molecule has 0 aliphatic carbocycles. The van der Waals surface area contributed by atoms with Crippen molar-refractivity contribution in [2.75, 3.05) is 18.6 Å². The second-order valence-electron chi connectivity index (χ2n) is 6.19. The number of hydrogen-bond donors (Lipinski definition) is 2. The number of esters is 1. The first-order valence-corrected chi connectivity index (χ1v) is 10.2. The van der Waals surface area contributed by atoms with Crippen molar-refractivity contribution < 1.29 is 19.1 Å². The lowest BCUT2D eigenvalue weighted by molar-refractivity contribution is -0.138. The van der Waals surface area contributed by atoms with E-state index >= 15 is 0 Å². The number of carbonyl (C=O) groups excluding carboxylic acids is 2. The van der Waals surface area contributed by atoms with Crippen LogP contribution in [-0.4, -0.2) is 30.6 Å². The zero-order valence-corrected chi connectivity index (χ0v) is 16.5. The lowest BCUT2D eigenvalue weighted by Gasteiger charge is -2.28. The first-order valence-electron chi connectivity index (χ1n) is 8.85. The maximum absolute atomic E-state index is 12.6. The van der Waals surface area contributed by atoms with E-state index in [1.165, 1.54) is 0 Å². The number of rotatable bonds is 7. The van der Waals surface area contributed by atoms with Crippen molar-refractivity contribution >= 4 is 23.8 Å². The minimum atomic E-state index is -0.616. The second kappa shape index (κ2) is 9.32. The van der Waals surface area contributed by atoms with Crippen LogP contribution < -0.4 is 15.4 Å². The third-order valence-electron chi connectivity index (χ3n) is 4.18. The second-order valence-corrected chi connectivity index (χ2v) is 7.17. The molecule has 0 aromatic heterocycles. The Labute approximate surface area is 168 Å². The number of allylic oxidation sites excluding steroid dienone is 1. The fourth-order valence-electron chi connectivity index (χ4n) is 2.89. The summed E-state index contributed by atoms with van der Waals surface area (Å²) in [6.45, 7) is 2.01. The number of benzene rings is 2. The van der Waals surface area contributed by atoms with E-state index < -0.39 is 12.0 Å². The first-order chi connectivity index (χ1) is 13.6. The average molecular weight is 398 g/mol. The Balaban J connectivity index is 1.87. The van der Waals surface area contributed by atoms with Crippen LogP contribution >= 0.6 is 11.8 Å². The molecule has 0 saturated heterocycles. The van der Waals surface area contributed by atoms with Crippen LogP contribution in [0.5, 0.6) is 11.5 Å². The molecule has 0 fully saturated rings. The Morgan fingerprint density at radius 1 is 1.11 bits per heavy atom. The smallest absolute Gasteiger partial charge is 0.338 e. The lowest BCUT2D eigenvalue weighted by atomic mass is 9.95. The van der Waals surface area contributed by atoms with E-state index in [2.05, 4.69) is 10.6 Å². The molecule has 1 aliphatic rings. The minimum absolute atomic E-state index is 0.314. The number of nitrogens with one attached hydrogen (secondary N) is 2. The summed E-state index contributed by atoms with van der Waals surface area (Å²) in [5.74, 6) is 1.59. The highest BCUT2D eigenvalue weighted by Gasteiger charge is 2.32. The van der Waals surface area contributed by atoms with Gasteiger partial charge in [0.2, 0.25) is 0 Å². The zero-order valence-electron chi connectivity index (χ0n) is 15.7. The van der Waals surface area contributed by atoms with Crippen molar-refractivity contribution in [1.29, 1.82) is 0 Å². The van der Waals surface area contributed by atoms with Gasteiger partial charge in [-0.15, -0.1) is 0 Å². The number of carbonyl (C=O) groups is 2. The van der Waals surface area contributed by atoms with Crippen LogP contribution in [0.2, 0.25) is 0 Å². The van der Waals surface area contributed by atoms with Crippen LogP contribution in [0, 0.1) is 0 Å². The summed E-state index contributed by atoms with van der Waals surface area (Å²) in [6.07, 6.45) is 1.95. The van der Waals surface area contributed by atoms with E-state index in [1.54, 1.807) is 18.7 Å². The molecule has 0 spiro atoms. The van der Waals surface area contributed by atoms with Gasteiger partial charge in [-0.2, -0.15) is 11.8 Å². The van der Waals surface area contributed by atoms with Gasteiger partial charge >= 0.3 is 12.0 Å². The molecule has 0 radical (unpaired) electrons. The van der Waals surface area contributed by atoms with Crippen LogP contribution in [0.1, 0.15) is 18.5 Å². The first kappa shape index (κ1) is 19.8. The molecular formula is C21H22N2O4S. The molecule has 3 rings (SSSR count). The Morgan fingerprint density at radius 2 is 1.86 bits per heavy atom. The molecule has 0 bridgehead atoms. The molecule has 0 saturated carbocycles. The molecule has 2 N–H and O–H groups in total. The van der Waals surface area contributed by atoms with Crippen LogP contribution in [0.15, 0.2) is 65.9 Å². The van der Waals surface area contributed by atoms with Crippen molar-refractivity contribution in [1.82, 2.24) is 10.6 Å². The fourth-order valence-corrected chi connectivity index (χ4v) is 3.14. The summed E-state index contributed by atoms with van der Waals surface area (Å²) in [4.78, 5) is 24.7. The number of hydrogen-bond acceptors (Lipinski definition) is 5. The molecule has 28 heavy (non-hydrogen) atoms. The maximum Gasteiger partial charge on any atom is 0.338 e. The summed E-state index contributed by atoms with van der Waals surface area (Å²) >= 11 is 1.60. The Bertz CT molecular complexity index is 883. The fraction of sp³-hybridized carbons (Fsp3) is 0.238. The monoisotopic (exact) mass is 398 g/mol. The van der Waals surface area contributed by atoms with Crippen LogP contribution in [0.3, 0.4) is 0 Å². The van der Waals surface area contributed by atoms with E-state index in [0.717, 1.165) is 5.56 Å². The summed E-state index contributed by atoms with van der Waals surface area (Å²) in [5.41, 5.74) is 1.61. The Kier molecular flexibility index (Phi) is 6.60. The lowest BCUT2D eigenvalue weighted by Crippen LogP contribution is -2.45. The predicted octanol–water partition coefficient (Wildman–Crippen LogP) is 4.01. The highest BCUT2D eigenvalue weighted by Crippen LogP contribution is 2.31. The molecule has 0 unspecified atom stereocenters.